The van der Waals surface area contributed by atoms with E-state index in [0.29, 0.717) is 24.5 Å². The minimum absolute atomic E-state index is 0.107. The van der Waals surface area contributed by atoms with Gasteiger partial charge in [0.2, 0.25) is 15.9 Å². The summed E-state index contributed by atoms with van der Waals surface area (Å²) in [6.45, 7) is 2.10. The van der Waals surface area contributed by atoms with Crippen LogP contribution in [0.2, 0.25) is 0 Å². The van der Waals surface area contributed by atoms with Gasteiger partial charge in [0, 0.05) is 24.5 Å². The van der Waals surface area contributed by atoms with Crippen LogP contribution in [-0.4, -0.2) is 46.4 Å². The SMILES string of the molecule is CS(=O)(=O)Nc1ccc(NC(=O)CC2CNCCO2)cc1. The Morgan fingerprint density at radius 2 is 2.00 bits per heavy atom. The van der Waals surface area contributed by atoms with Crippen molar-refractivity contribution >= 4 is 27.3 Å². The van der Waals surface area contributed by atoms with Crippen molar-refractivity contribution in [2.75, 3.05) is 36.0 Å². The molecular formula is C13H19N3O4S. The first kappa shape index (κ1) is 15.7. The number of rotatable bonds is 5. The number of benzene rings is 1. The number of morpholine rings is 1. The molecule has 0 saturated carbocycles. The standard InChI is InChI=1S/C13H19N3O4S/c1-21(18,19)16-11-4-2-10(3-5-11)15-13(17)8-12-9-14-6-7-20-12/h2-5,12,14,16H,6-9H2,1H3,(H,15,17). The summed E-state index contributed by atoms with van der Waals surface area (Å²) >= 11 is 0. The number of carbonyl (C=O) groups excluding carboxylic acids is 1. The Morgan fingerprint density at radius 1 is 1.33 bits per heavy atom. The Morgan fingerprint density at radius 3 is 2.57 bits per heavy atom. The van der Waals surface area contributed by atoms with Crippen molar-refractivity contribution in [1.82, 2.24) is 5.32 Å². The molecule has 0 radical (unpaired) electrons. The second-order valence-corrected chi connectivity index (χ2v) is 6.65. The third kappa shape index (κ3) is 5.70. The highest BCUT2D eigenvalue weighted by atomic mass is 32.2. The van der Waals surface area contributed by atoms with Crippen molar-refractivity contribution in [3.63, 3.8) is 0 Å². The second kappa shape index (κ2) is 6.88. The van der Waals surface area contributed by atoms with Crippen molar-refractivity contribution in [2.24, 2.45) is 0 Å². The largest absolute Gasteiger partial charge is 0.375 e. The molecule has 1 atom stereocenters. The van der Waals surface area contributed by atoms with E-state index in [1.807, 2.05) is 0 Å². The quantitative estimate of drug-likeness (QED) is 0.730. The van der Waals surface area contributed by atoms with Gasteiger partial charge in [-0.05, 0) is 24.3 Å². The number of ether oxygens (including phenoxy) is 1. The molecule has 0 bridgehead atoms. The van der Waals surface area contributed by atoms with Gasteiger partial charge in [0.05, 0.1) is 25.4 Å². The maximum absolute atomic E-state index is 11.9. The topological polar surface area (TPSA) is 96.5 Å². The van der Waals surface area contributed by atoms with Gasteiger partial charge in [0.15, 0.2) is 0 Å². The fourth-order valence-electron chi connectivity index (χ4n) is 2.01. The number of anilines is 2. The maximum atomic E-state index is 11.9. The first-order valence-corrected chi connectivity index (χ1v) is 8.51. The van der Waals surface area contributed by atoms with Crippen molar-refractivity contribution in [2.45, 2.75) is 12.5 Å². The number of amides is 1. The van der Waals surface area contributed by atoms with Gasteiger partial charge in [0.25, 0.3) is 0 Å². The van der Waals surface area contributed by atoms with E-state index in [2.05, 4.69) is 15.4 Å². The highest BCUT2D eigenvalue weighted by molar-refractivity contribution is 7.92. The highest BCUT2D eigenvalue weighted by Crippen LogP contribution is 2.15. The van der Waals surface area contributed by atoms with Crippen LogP contribution in [0, 0.1) is 0 Å². The average molecular weight is 313 g/mol. The lowest BCUT2D eigenvalue weighted by Crippen LogP contribution is -2.40. The summed E-state index contributed by atoms with van der Waals surface area (Å²) in [4.78, 5) is 11.9. The molecule has 8 heteroatoms. The first-order valence-electron chi connectivity index (χ1n) is 6.62. The predicted octanol–water partition coefficient (Wildman–Crippen LogP) is 0.375. The van der Waals surface area contributed by atoms with E-state index in [1.165, 1.54) is 0 Å². The van der Waals surface area contributed by atoms with Crippen molar-refractivity contribution in [3.8, 4) is 0 Å². The average Bonchev–Trinajstić information content (AvgIpc) is 2.40. The van der Waals surface area contributed by atoms with Crippen molar-refractivity contribution < 1.29 is 17.9 Å². The number of hydrogen-bond acceptors (Lipinski definition) is 5. The maximum Gasteiger partial charge on any atom is 0.229 e. The highest BCUT2D eigenvalue weighted by Gasteiger charge is 2.17. The van der Waals surface area contributed by atoms with Crippen LogP contribution in [0.4, 0.5) is 11.4 Å². The van der Waals surface area contributed by atoms with Gasteiger partial charge in [-0.25, -0.2) is 8.42 Å². The normalized spacial score (nSPS) is 19.0. The Labute approximate surface area is 124 Å². The number of carbonyl (C=O) groups is 1. The molecule has 1 amide bonds. The van der Waals surface area contributed by atoms with Gasteiger partial charge in [-0.3, -0.25) is 9.52 Å². The summed E-state index contributed by atoms with van der Waals surface area (Å²) in [7, 11) is -3.29. The molecule has 1 heterocycles. The molecule has 1 aliphatic rings. The summed E-state index contributed by atoms with van der Waals surface area (Å²) in [5.74, 6) is -0.132. The Balaban J connectivity index is 1.86. The lowest BCUT2D eigenvalue weighted by Gasteiger charge is -2.23. The smallest absolute Gasteiger partial charge is 0.229 e. The first-order chi connectivity index (χ1) is 9.92. The van der Waals surface area contributed by atoms with E-state index < -0.39 is 10.0 Å². The van der Waals surface area contributed by atoms with Crippen molar-refractivity contribution in [3.05, 3.63) is 24.3 Å². The molecule has 1 saturated heterocycles. The van der Waals surface area contributed by atoms with Crippen LogP contribution >= 0.6 is 0 Å². The van der Waals surface area contributed by atoms with Crippen LogP contribution in [0.3, 0.4) is 0 Å². The van der Waals surface area contributed by atoms with Gasteiger partial charge in [-0.1, -0.05) is 0 Å². The number of nitrogens with one attached hydrogen (secondary N) is 3. The van der Waals surface area contributed by atoms with Crippen LogP contribution in [0.5, 0.6) is 0 Å². The molecule has 1 unspecified atom stereocenters. The monoisotopic (exact) mass is 313 g/mol. The molecule has 0 aliphatic carbocycles. The molecule has 1 aromatic rings. The molecule has 2 rings (SSSR count). The molecule has 0 spiro atoms. The lowest BCUT2D eigenvalue weighted by molar-refractivity contribution is -0.119. The number of hydrogen-bond donors (Lipinski definition) is 3. The molecule has 0 aromatic heterocycles. The van der Waals surface area contributed by atoms with E-state index in [0.717, 1.165) is 12.8 Å². The van der Waals surface area contributed by atoms with E-state index in [4.69, 9.17) is 4.74 Å². The van der Waals surface area contributed by atoms with Crippen LogP contribution in [0.1, 0.15) is 6.42 Å². The van der Waals surface area contributed by atoms with Gasteiger partial charge >= 0.3 is 0 Å². The van der Waals surface area contributed by atoms with Crippen LogP contribution < -0.4 is 15.4 Å². The molecule has 1 aliphatic heterocycles. The fourth-order valence-corrected chi connectivity index (χ4v) is 2.57. The summed E-state index contributed by atoms with van der Waals surface area (Å²) in [6.07, 6.45) is 1.27. The molecule has 3 N–H and O–H groups in total. The summed E-state index contributed by atoms with van der Waals surface area (Å²) in [6, 6.07) is 6.47. The summed E-state index contributed by atoms with van der Waals surface area (Å²) in [5, 5.41) is 5.92. The van der Waals surface area contributed by atoms with E-state index in [-0.39, 0.29) is 18.4 Å². The van der Waals surface area contributed by atoms with Gasteiger partial charge in [-0.15, -0.1) is 0 Å². The van der Waals surface area contributed by atoms with Crippen LogP contribution in [0.15, 0.2) is 24.3 Å². The molecule has 7 nitrogen and oxygen atoms in total. The van der Waals surface area contributed by atoms with Crippen molar-refractivity contribution in [1.29, 1.82) is 0 Å². The van der Waals surface area contributed by atoms with Crippen LogP contribution in [-0.2, 0) is 19.6 Å². The van der Waals surface area contributed by atoms with Gasteiger partial charge in [0.1, 0.15) is 0 Å². The summed E-state index contributed by atoms with van der Waals surface area (Å²) < 4.78 is 30.0. The lowest BCUT2D eigenvalue weighted by atomic mass is 10.2. The van der Waals surface area contributed by atoms with E-state index >= 15 is 0 Å². The van der Waals surface area contributed by atoms with E-state index in [1.54, 1.807) is 24.3 Å². The molecular weight excluding hydrogens is 294 g/mol. The zero-order chi connectivity index (χ0) is 15.3. The van der Waals surface area contributed by atoms with Gasteiger partial charge < -0.3 is 15.4 Å². The summed E-state index contributed by atoms with van der Waals surface area (Å²) in [5.41, 5.74) is 1.07. The Hall–Kier alpha value is -1.64. The molecule has 1 fully saturated rings. The second-order valence-electron chi connectivity index (χ2n) is 4.90. The number of sulfonamides is 1. The zero-order valence-corrected chi connectivity index (χ0v) is 12.6. The Bertz CT molecular complexity index is 580. The molecule has 116 valence electrons. The predicted molar refractivity (Wildman–Crippen MR) is 80.8 cm³/mol. The minimum Gasteiger partial charge on any atom is -0.375 e. The molecule has 1 aromatic carbocycles. The van der Waals surface area contributed by atoms with E-state index in [9.17, 15) is 13.2 Å². The zero-order valence-electron chi connectivity index (χ0n) is 11.8. The van der Waals surface area contributed by atoms with Gasteiger partial charge in [-0.2, -0.15) is 0 Å². The third-order valence-electron chi connectivity index (χ3n) is 2.89. The third-order valence-corrected chi connectivity index (χ3v) is 3.50. The Kier molecular flexibility index (Phi) is 5.16. The minimum atomic E-state index is -3.29. The molecule has 21 heavy (non-hydrogen) atoms. The fraction of sp³-hybridized carbons (Fsp3) is 0.462. The van der Waals surface area contributed by atoms with Crippen LogP contribution in [0.25, 0.3) is 0 Å².